The van der Waals surface area contributed by atoms with Gasteiger partial charge in [0.25, 0.3) is 11.8 Å². The Morgan fingerprint density at radius 2 is 1.97 bits per heavy atom. The number of hydrogen-bond acceptors (Lipinski definition) is 4. The van der Waals surface area contributed by atoms with Crippen molar-refractivity contribution in [1.29, 1.82) is 0 Å². The van der Waals surface area contributed by atoms with Gasteiger partial charge in [-0.3, -0.25) is 14.5 Å². The molecule has 7 nitrogen and oxygen atoms in total. The monoisotopic (exact) mass is 516 g/mol. The fourth-order valence-corrected chi connectivity index (χ4v) is 5.37. The second kappa shape index (κ2) is 9.04. The number of benzene rings is 1. The molecule has 9 heteroatoms. The van der Waals surface area contributed by atoms with E-state index in [1.807, 2.05) is 11.8 Å². The Kier molecular flexibility index (Phi) is 6.11. The molecule has 1 aromatic heterocycles. The first-order valence-corrected chi connectivity index (χ1v) is 12.0. The molecule has 1 fully saturated rings. The van der Waals surface area contributed by atoms with E-state index < -0.39 is 5.82 Å². The zero-order valence-corrected chi connectivity index (χ0v) is 20.1. The predicted molar refractivity (Wildman–Crippen MR) is 128 cm³/mol. The molecule has 2 N–H and O–H groups in total. The molecule has 3 aliphatic rings. The molecule has 3 aliphatic heterocycles. The lowest BCUT2D eigenvalue weighted by Crippen LogP contribution is -2.41. The van der Waals surface area contributed by atoms with Crippen LogP contribution in [0.5, 0.6) is 0 Å². The molecule has 1 saturated heterocycles. The lowest BCUT2D eigenvalue weighted by Gasteiger charge is -2.30. The minimum absolute atomic E-state index is 0.0293. The molecule has 33 heavy (non-hydrogen) atoms. The summed E-state index contributed by atoms with van der Waals surface area (Å²) in [5.41, 5.74) is 4.56. The van der Waals surface area contributed by atoms with Crippen LogP contribution >= 0.6 is 15.9 Å². The van der Waals surface area contributed by atoms with Crippen LogP contribution < -0.4 is 5.32 Å². The van der Waals surface area contributed by atoms with Gasteiger partial charge >= 0.3 is 0 Å². The summed E-state index contributed by atoms with van der Waals surface area (Å²) in [6.45, 7) is 7.70. The molecule has 2 aromatic rings. The van der Waals surface area contributed by atoms with Gasteiger partial charge in [-0.25, -0.2) is 4.39 Å². The number of carbonyl (C=O) groups is 2. The van der Waals surface area contributed by atoms with Crippen LogP contribution in [0.25, 0.3) is 11.6 Å². The molecule has 4 heterocycles. The van der Waals surface area contributed by atoms with Gasteiger partial charge in [0.1, 0.15) is 5.82 Å². The topological polar surface area (TPSA) is 77.7 Å². The number of amides is 2. The minimum atomic E-state index is -0.423. The van der Waals surface area contributed by atoms with Gasteiger partial charge in [-0.05, 0) is 53.0 Å². The lowest BCUT2D eigenvalue weighted by atomic mass is 10.0. The Hall–Kier alpha value is -2.49. The van der Waals surface area contributed by atoms with Crippen molar-refractivity contribution < 1.29 is 18.7 Å². The first-order chi connectivity index (χ1) is 15.9. The third-order valence-electron chi connectivity index (χ3n) is 6.62. The van der Waals surface area contributed by atoms with E-state index in [1.165, 1.54) is 12.1 Å². The van der Waals surface area contributed by atoms with Gasteiger partial charge in [0, 0.05) is 60.6 Å². The van der Waals surface area contributed by atoms with E-state index in [2.05, 4.69) is 31.1 Å². The highest BCUT2D eigenvalue weighted by Gasteiger charge is 2.31. The summed E-state index contributed by atoms with van der Waals surface area (Å²) in [6, 6.07) is 2.68. The maximum Gasteiger partial charge on any atom is 0.256 e. The summed E-state index contributed by atoms with van der Waals surface area (Å²) < 4.78 is 19.9. The van der Waals surface area contributed by atoms with Crippen LogP contribution in [0, 0.1) is 12.7 Å². The summed E-state index contributed by atoms with van der Waals surface area (Å²) in [5.74, 6) is -0.686. The van der Waals surface area contributed by atoms with E-state index in [1.54, 1.807) is 6.08 Å². The number of rotatable bonds is 5. The van der Waals surface area contributed by atoms with Crippen LogP contribution in [0.15, 0.2) is 16.6 Å². The number of halogens is 2. The van der Waals surface area contributed by atoms with Crippen LogP contribution in [0.1, 0.15) is 39.3 Å². The van der Waals surface area contributed by atoms with Crippen LogP contribution in [-0.4, -0.2) is 72.5 Å². The van der Waals surface area contributed by atoms with Crippen molar-refractivity contribution in [2.24, 2.45) is 0 Å². The third kappa shape index (κ3) is 4.25. The number of aromatic nitrogens is 1. The van der Waals surface area contributed by atoms with Gasteiger partial charge in [0.05, 0.1) is 30.0 Å². The lowest BCUT2D eigenvalue weighted by molar-refractivity contribution is -0.110. The Morgan fingerprint density at radius 3 is 2.76 bits per heavy atom. The number of H-pyrrole nitrogens is 1. The van der Waals surface area contributed by atoms with E-state index in [0.717, 1.165) is 63.5 Å². The zero-order valence-electron chi connectivity index (χ0n) is 18.5. The second-order valence-electron chi connectivity index (χ2n) is 8.69. The van der Waals surface area contributed by atoms with Crippen molar-refractivity contribution in [3.05, 3.63) is 50.5 Å². The average Bonchev–Trinajstić information content (AvgIpc) is 3.28. The maximum absolute atomic E-state index is 14.0. The molecule has 0 spiro atoms. The first kappa shape index (κ1) is 22.3. The summed E-state index contributed by atoms with van der Waals surface area (Å²) in [5, 5.41) is 2.79. The summed E-state index contributed by atoms with van der Waals surface area (Å²) in [6.07, 6.45) is 3.39. The van der Waals surface area contributed by atoms with E-state index >= 15 is 0 Å². The number of nitrogens with one attached hydrogen (secondary N) is 2. The van der Waals surface area contributed by atoms with Crippen LogP contribution in [0.3, 0.4) is 0 Å². The Morgan fingerprint density at radius 1 is 1.18 bits per heavy atom. The number of hydrogen-bond donors (Lipinski definition) is 2. The van der Waals surface area contributed by atoms with E-state index in [0.29, 0.717) is 39.1 Å². The summed E-state index contributed by atoms with van der Waals surface area (Å²) in [7, 11) is 0. The van der Waals surface area contributed by atoms with Gasteiger partial charge < -0.3 is 19.9 Å². The van der Waals surface area contributed by atoms with Crippen LogP contribution in [0.2, 0.25) is 0 Å². The molecule has 2 amide bonds. The smallest absolute Gasteiger partial charge is 0.256 e. The first-order valence-electron chi connectivity index (χ1n) is 11.3. The molecule has 0 aliphatic carbocycles. The summed E-state index contributed by atoms with van der Waals surface area (Å²) in [4.78, 5) is 33.5. The average molecular weight is 517 g/mol. The molecule has 0 saturated carbocycles. The number of ether oxygens (including phenoxy) is 1. The van der Waals surface area contributed by atoms with Crippen molar-refractivity contribution in [2.45, 2.75) is 19.8 Å². The fraction of sp³-hybridized carbons (Fsp3) is 0.417. The van der Waals surface area contributed by atoms with Crippen molar-refractivity contribution in [2.75, 3.05) is 51.3 Å². The number of nitrogens with zero attached hydrogens (tertiary/aromatic N) is 2. The molecule has 174 valence electrons. The van der Waals surface area contributed by atoms with E-state index in [-0.39, 0.29) is 11.8 Å². The second-order valence-corrected chi connectivity index (χ2v) is 9.54. The highest BCUT2D eigenvalue weighted by molar-refractivity contribution is 9.10. The summed E-state index contributed by atoms with van der Waals surface area (Å²) >= 11 is 3.31. The maximum atomic E-state index is 14.0. The van der Waals surface area contributed by atoms with Gasteiger partial charge in [0.15, 0.2) is 0 Å². The molecule has 0 unspecified atom stereocenters. The minimum Gasteiger partial charge on any atom is -0.379 e. The number of morpholine rings is 1. The van der Waals surface area contributed by atoms with Crippen molar-refractivity contribution in [1.82, 2.24) is 14.8 Å². The van der Waals surface area contributed by atoms with Crippen molar-refractivity contribution in [3.8, 4) is 0 Å². The Balaban J connectivity index is 1.35. The number of fused-ring (bicyclic) bond motifs is 2. The molecule has 1 aromatic carbocycles. The predicted octanol–water partition coefficient (Wildman–Crippen LogP) is 3.44. The van der Waals surface area contributed by atoms with Crippen LogP contribution in [0.4, 0.5) is 10.1 Å². The van der Waals surface area contributed by atoms with Gasteiger partial charge in [-0.15, -0.1) is 0 Å². The molecular weight excluding hydrogens is 491 g/mol. The zero-order chi connectivity index (χ0) is 23.1. The largest absolute Gasteiger partial charge is 0.379 e. The van der Waals surface area contributed by atoms with Gasteiger partial charge in [-0.1, -0.05) is 0 Å². The SMILES string of the molecule is Cc1c(/C=C2\C(=O)Nc3c(Br)cc(F)cc32)[nH]c2c1C(=O)N(CCCN1CCOCC1)CC2. The van der Waals surface area contributed by atoms with E-state index in [9.17, 15) is 14.0 Å². The molecule has 0 atom stereocenters. The molecule has 0 bridgehead atoms. The fourth-order valence-electron chi connectivity index (χ4n) is 4.83. The van der Waals surface area contributed by atoms with Gasteiger partial charge in [-0.2, -0.15) is 0 Å². The van der Waals surface area contributed by atoms with Crippen LogP contribution in [-0.2, 0) is 16.0 Å². The molecule has 5 rings (SSSR count). The van der Waals surface area contributed by atoms with E-state index in [4.69, 9.17) is 4.74 Å². The van der Waals surface area contributed by atoms with Crippen molar-refractivity contribution >= 4 is 45.1 Å². The molecule has 0 radical (unpaired) electrons. The van der Waals surface area contributed by atoms with Gasteiger partial charge in [0.2, 0.25) is 0 Å². The number of carbonyl (C=O) groups excluding carboxylic acids is 2. The quantitative estimate of drug-likeness (QED) is 0.596. The Labute approximate surface area is 200 Å². The van der Waals surface area contributed by atoms with Crippen molar-refractivity contribution in [3.63, 3.8) is 0 Å². The standard InChI is InChI=1S/C24H26BrFN4O3/c1-14-20(13-17-16-11-15(26)12-18(25)22(16)28-23(17)31)27-19-3-6-30(24(32)21(14)19)5-2-4-29-7-9-33-10-8-29/h11-13,27H,2-10H2,1H3,(H,28,31)/b17-13-. The molecular formula is C24H26BrFN4O3. The highest BCUT2D eigenvalue weighted by atomic mass is 79.9. The number of anilines is 1. The number of aromatic amines is 1. The normalized spacial score (nSPS) is 19.7. The third-order valence-corrected chi connectivity index (χ3v) is 7.25. The Bertz CT molecular complexity index is 1150. The highest BCUT2D eigenvalue weighted by Crippen LogP contribution is 2.39.